The molecule has 0 spiro atoms. The van der Waals surface area contributed by atoms with E-state index in [2.05, 4.69) is 9.97 Å². The van der Waals surface area contributed by atoms with Gasteiger partial charge in [-0.25, -0.2) is 9.78 Å². The SMILES string of the molecule is NC1CCCC1(CC1c2cc(O)c(OC3(O)OC(CO)C(O)C(O)C3O)cc2N(C(=O)C=Cc2ccc(O)c(Cc3[nH]cnc3CCCO)c2)C1C(=O)O)c1ccccc1. The van der Waals surface area contributed by atoms with Gasteiger partial charge in [-0.1, -0.05) is 42.8 Å². The van der Waals surface area contributed by atoms with Gasteiger partial charge in [0.2, 0.25) is 0 Å². The van der Waals surface area contributed by atoms with Crippen LogP contribution in [0.5, 0.6) is 17.2 Å². The number of aromatic hydroxyl groups is 2. The molecular formula is C43H50N4O13. The van der Waals surface area contributed by atoms with E-state index < -0.39 is 77.7 Å². The molecule has 2 fully saturated rings. The normalized spacial score (nSPS) is 28.9. The van der Waals surface area contributed by atoms with Gasteiger partial charge in [0.1, 0.15) is 30.1 Å². The van der Waals surface area contributed by atoms with Crippen molar-refractivity contribution in [3.63, 3.8) is 0 Å². The molecule has 17 nitrogen and oxygen atoms in total. The van der Waals surface area contributed by atoms with Crippen molar-refractivity contribution in [3.05, 3.63) is 107 Å². The number of nitrogens with one attached hydrogen (secondary N) is 1. The number of nitrogens with zero attached hydrogens (tertiary/aromatic N) is 2. The smallest absolute Gasteiger partial charge is 0.355 e. The number of carbonyl (C=O) groups is 2. The van der Waals surface area contributed by atoms with E-state index in [9.17, 15) is 55.5 Å². The fourth-order valence-corrected chi connectivity index (χ4v) is 9.03. The fourth-order valence-electron chi connectivity index (χ4n) is 9.03. The van der Waals surface area contributed by atoms with E-state index in [-0.39, 0.29) is 42.5 Å². The molecule has 0 radical (unpaired) electrons. The molecule has 320 valence electrons. The highest BCUT2D eigenvalue weighted by Crippen LogP contribution is 2.54. The van der Waals surface area contributed by atoms with E-state index >= 15 is 0 Å². The third-order valence-corrected chi connectivity index (χ3v) is 12.2. The van der Waals surface area contributed by atoms with Gasteiger partial charge < -0.3 is 66.2 Å². The second kappa shape index (κ2) is 17.3. The maximum Gasteiger partial charge on any atom is 0.355 e. The molecule has 2 aliphatic heterocycles. The molecule has 0 bridgehead atoms. The van der Waals surface area contributed by atoms with Gasteiger partial charge in [-0.05, 0) is 73.1 Å². The van der Waals surface area contributed by atoms with Crippen LogP contribution in [0.2, 0.25) is 0 Å². The van der Waals surface area contributed by atoms with E-state index in [0.29, 0.717) is 36.8 Å². The second-order valence-corrected chi connectivity index (χ2v) is 15.8. The van der Waals surface area contributed by atoms with Gasteiger partial charge in [0, 0.05) is 53.8 Å². The van der Waals surface area contributed by atoms with Crippen molar-refractivity contribution in [2.75, 3.05) is 18.1 Å². The fraction of sp³-hybridized carbons (Fsp3) is 0.419. The second-order valence-electron chi connectivity index (χ2n) is 15.8. The lowest BCUT2D eigenvalue weighted by molar-refractivity contribution is -0.422. The number of nitrogens with two attached hydrogens (primary N) is 1. The van der Waals surface area contributed by atoms with Crippen molar-refractivity contribution < 1.29 is 65.0 Å². The number of aromatic nitrogens is 2. The summed E-state index contributed by atoms with van der Waals surface area (Å²) in [5.41, 5.74) is 9.75. The number of aryl methyl sites for hydroxylation is 1. The molecule has 12 N–H and O–H groups in total. The van der Waals surface area contributed by atoms with Crippen LogP contribution in [0, 0.1) is 0 Å². The summed E-state index contributed by atoms with van der Waals surface area (Å²) in [5, 5.41) is 94.7. The molecule has 1 saturated carbocycles. The third kappa shape index (κ3) is 7.98. The van der Waals surface area contributed by atoms with Crippen LogP contribution in [0.1, 0.15) is 71.7 Å². The summed E-state index contributed by atoms with van der Waals surface area (Å²) in [4.78, 5) is 36.3. The number of ether oxygens (including phenoxy) is 2. The molecule has 3 aliphatic rings. The minimum atomic E-state index is -3.13. The first-order valence-corrected chi connectivity index (χ1v) is 19.8. The summed E-state index contributed by atoms with van der Waals surface area (Å²) < 4.78 is 10.8. The molecule has 60 heavy (non-hydrogen) atoms. The van der Waals surface area contributed by atoms with Crippen molar-refractivity contribution >= 4 is 23.6 Å². The number of hydrogen-bond donors (Lipinski definition) is 11. The predicted octanol–water partition coefficient (Wildman–Crippen LogP) is 1.27. The number of aromatic amines is 1. The van der Waals surface area contributed by atoms with Crippen LogP contribution in [-0.4, -0.2) is 123 Å². The molecule has 3 aromatic carbocycles. The van der Waals surface area contributed by atoms with Crippen LogP contribution in [0.15, 0.2) is 73.1 Å². The zero-order valence-electron chi connectivity index (χ0n) is 32.5. The Kier molecular flexibility index (Phi) is 12.3. The number of carboxylic acid groups (broad SMARTS) is 1. The summed E-state index contributed by atoms with van der Waals surface area (Å²) in [6.07, 6.45) is -0.100. The molecule has 1 saturated heterocycles. The molecule has 17 heteroatoms. The lowest BCUT2D eigenvalue weighted by Crippen LogP contribution is -2.67. The highest BCUT2D eigenvalue weighted by Gasteiger charge is 2.56. The first-order chi connectivity index (χ1) is 28.7. The third-order valence-electron chi connectivity index (χ3n) is 12.2. The Morgan fingerprint density at radius 1 is 1.03 bits per heavy atom. The number of anilines is 1. The summed E-state index contributed by atoms with van der Waals surface area (Å²) in [7, 11) is 0. The van der Waals surface area contributed by atoms with Crippen molar-refractivity contribution in [2.24, 2.45) is 5.73 Å². The van der Waals surface area contributed by atoms with Gasteiger partial charge in [-0.3, -0.25) is 9.69 Å². The van der Waals surface area contributed by atoms with Gasteiger partial charge in [0.15, 0.2) is 17.6 Å². The predicted molar refractivity (Wildman–Crippen MR) is 214 cm³/mol. The number of hydrogen-bond acceptors (Lipinski definition) is 14. The molecular weight excluding hydrogens is 780 g/mol. The molecule has 4 aromatic rings. The van der Waals surface area contributed by atoms with Crippen LogP contribution < -0.4 is 15.4 Å². The first-order valence-electron chi connectivity index (χ1n) is 19.8. The average molecular weight is 831 g/mol. The molecule has 9 unspecified atom stereocenters. The van der Waals surface area contributed by atoms with Gasteiger partial charge in [0.25, 0.3) is 5.91 Å². The maximum absolute atomic E-state index is 14.5. The summed E-state index contributed by atoms with van der Waals surface area (Å²) in [5.74, 6) is -7.44. The average Bonchev–Trinajstić information content (AvgIpc) is 3.93. The number of phenols is 2. The number of benzene rings is 3. The monoisotopic (exact) mass is 830 g/mol. The van der Waals surface area contributed by atoms with Crippen LogP contribution in [-0.2, 0) is 32.6 Å². The van der Waals surface area contributed by atoms with Crippen molar-refractivity contribution in [1.82, 2.24) is 9.97 Å². The zero-order chi connectivity index (χ0) is 42.9. The lowest BCUT2D eigenvalue weighted by atomic mass is 9.68. The number of phenolic OH excluding ortho intramolecular Hbond substituents is 2. The Hall–Kier alpha value is -5.37. The van der Waals surface area contributed by atoms with E-state index in [1.165, 1.54) is 30.6 Å². The molecule has 9 atom stereocenters. The minimum Gasteiger partial charge on any atom is -0.508 e. The number of H-pyrrole nitrogens is 1. The molecule has 1 aliphatic carbocycles. The minimum absolute atomic E-state index is 0.00528. The Morgan fingerprint density at radius 3 is 2.48 bits per heavy atom. The highest BCUT2D eigenvalue weighted by atomic mass is 16.8. The Morgan fingerprint density at radius 2 is 1.80 bits per heavy atom. The van der Waals surface area contributed by atoms with Crippen molar-refractivity contribution in [3.8, 4) is 17.2 Å². The Balaban J connectivity index is 1.28. The number of imidazole rings is 1. The first kappa shape index (κ1) is 42.7. The van der Waals surface area contributed by atoms with Gasteiger partial charge >= 0.3 is 11.9 Å². The van der Waals surface area contributed by atoms with E-state index in [1.807, 2.05) is 30.3 Å². The van der Waals surface area contributed by atoms with Crippen molar-refractivity contribution in [2.45, 2.75) is 98.8 Å². The molecule has 1 amide bonds. The topological polar surface area (TPSA) is 293 Å². The van der Waals surface area contributed by atoms with Gasteiger partial charge in [0.05, 0.1) is 24.3 Å². The number of aliphatic hydroxyl groups is 6. The van der Waals surface area contributed by atoms with Crippen LogP contribution >= 0.6 is 0 Å². The van der Waals surface area contributed by atoms with Crippen LogP contribution in [0.25, 0.3) is 6.08 Å². The zero-order valence-corrected chi connectivity index (χ0v) is 32.5. The maximum atomic E-state index is 14.5. The Labute approximate surface area is 344 Å². The van der Waals surface area contributed by atoms with E-state index in [0.717, 1.165) is 34.3 Å². The summed E-state index contributed by atoms with van der Waals surface area (Å²) in [6.45, 7) is -0.903. The molecule has 3 heterocycles. The number of carboxylic acids is 1. The van der Waals surface area contributed by atoms with Gasteiger partial charge in [-0.2, -0.15) is 0 Å². The molecule has 7 rings (SSSR count). The highest BCUT2D eigenvalue weighted by molar-refractivity contribution is 6.10. The number of fused-ring (bicyclic) bond motifs is 1. The molecule has 1 aromatic heterocycles. The lowest BCUT2D eigenvalue weighted by Gasteiger charge is -2.44. The van der Waals surface area contributed by atoms with Gasteiger partial charge in [-0.15, -0.1) is 0 Å². The van der Waals surface area contributed by atoms with Crippen LogP contribution in [0.4, 0.5) is 5.69 Å². The number of carbonyl (C=O) groups excluding carboxylic acids is 1. The van der Waals surface area contributed by atoms with E-state index in [4.69, 9.17) is 15.2 Å². The van der Waals surface area contributed by atoms with E-state index in [1.54, 1.807) is 12.1 Å². The number of aliphatic hydroxyl groups excluding tert-OH is 5. The standard InChI is InChI=1S/C43H50N4O13/c44-35-9-4-14-42(35,25-6-2-1-3-7-25)20-27-26-18-32(51)33(59-43(58)40(55)39(54)38(53)34(21-49)60-43)19-30(26)47(37(27)41(56)57)36(52)13-11-23-10-12-31(50)24(16-23)17-29-28(8-5-15-48)45-22-46-29/h1-3,6-7,10-13,16,18-19,22,27,34-35,37-40,48-51,53-55,58H,4-5,8-9,14-15,17,20-21,44H2,(H,45,46)(H,56,57). The number of rotatable bonds is 14. The largest absolute Gasteiger partial charge is 0.508 e. The number of amides is 1. The van der Waals surface area contributed by atoms with Crippen LogP contribution in [0.3, 0.4) is 0 Å². The summed E-state index contributed by atoms with van der Waals surface area (Å²) >= 11 is 0. The Bertz CT molecular complexity index is 2220. The quantitative estimate of drug-likeness (QED) is 0.0630. The van der Waals surface area contributed by atoms with Crippen molar-refractivity contribution in [1.29, 1.82) is 0 Å². The summed E-state index contributed by atoms with van der Waals surface area (Å²) in [6, 6.07) is 14.6. The number of aliphatic carboxylic acids is 1.